The molecular formula is C23H29ClF4N2O6S. The zero-order chi connectivity index (χ0) is 26.6. The Labute approximate surface area is 218 Å². The number of nitrogens with zero attached hydrogens (tertiary/aromatic N) is 1. The lowest BCUT2D eigenvalue weighted by Gasteiger charge is -2.44. The second-order valence-electron chi connectivity index (χ2n) is 8.61. The van der Waals surface area contributed by atoms with Crippen molar-refractivity contribution >= 4 is 28.2 Å². The van der Waals surface area contributed by atoms with Gasteiger partial charge in [-0.3, -0.25) is 14.7 Å². The third kappa shape index (κ3) is 6.02. The SMILES string of the molecule is COCCN1CCC(C(=O)NO)(S(=O)(=O)C2(OC(F)(F)C(F)F)C=CC(c3ccccc3)C=C2)CC1.Cl. The van der Waals surface area contributed by atoms with Crippen molar-refractivity contribution in [3.63, 3.8) is 0 Å². The third-order valence-electron chi connectivity index (χ3n) is 6.53. The number of amides is 1. The van der Waals surface area contributed by atoms with Crippen molar-refractivity contribution in [3.8, 4) is 0 Å². The van der Waals surface area contributed by atoms with Gasteiger partial charge in [-0.25, -0.2) is 22.7 Å². The number of hydroxylamine groups is 1. The van der Waals surface area contributed by atoms with Crippen LogP contribution in [0.1, 0.15) is 24.3 Å². The minimum atomic E-state index is -5.18. The molecule has 0 saturated carbocycles. The number of carbonyl (C=O) groups is 1. The van der Waals surface area contributed by atoms with Crippen LogP contribution in [0.2, 0.25) is 0 Å². The van der Waals surface area contributed by atoms with E-state index in [1.165, 1.54) is 24.7 Å². The number of halogens is 5. The summed E-state index contributed by atoms with van der Waals surface area (Å²) in [7, 11) is -3.70. The van der Waals surface area contributed by atoms with Gasteiger partial charge >= 0.3 is 12.5 Å². The van der Waals surface area contributed by atoms with Gasteiger partial charge in [0.25, 0.3) is 5.91 Å². The second-order valence-corrected chi connectivity index (χ2v) is 11.0. The number of likely N-dealkylation sites (tertiary alicyclic amines) is 1. The molecule has 1 heterocycles. The Morgan fingerprint density at radius 3 is 2.24 bits per heavy atom. The standard InChI is InChI=1S/C23H28F4N2O6S.ClH/c1-34-16-15-29-13-11-21(12-14-29,20(30)28-31)36(32,33)22(35-23(26,27)19(24)25)9-7-18(8-10-22)17-5-3-2-4-6-17;/h2-10,18-19,31H,11-16H2,1H3,(H,28,30);1H. The number of rotatable bonds is 10. The summed E-state index contributed by atoms with van der Waals surface area (Å²) in [5.74, 6) is -1.92. The largest absolute Gasteiger partial charge is 0.418 e. The minimum Gasteiger partial charge on any atom is -0.383 e. The van der Waals surface area contributed by atoms with E-state index in [0.717, 1.165) is 12.2 Å². The maximum atomic E-state index is 14.2. The summed E-state index contributed by atoms with van der Waals surface area (Å²) in [6.07, 6.45) is -6.28. The van der Waals surface area contributed by atoms with Crippen LogP contribution < -0.4 is 5.48 Å². The molecule has 1 aliphatic carbocycles. The van der Waals surface area contributed by atoms with Gasteiger partial charge < -0.3 is 9.64 Å². The molecule has 8 nitrogen and oxygen atoms in total. The van der Waals surface area contributed by atoms with Crippen molar-refractivity contribution in [1.29, 1.82) is 0 Å². The van der Waals surface area contributed by atoms with Gasteiger partial charge in [-0.2, -0.15) is 8.78 Å². The molecule has 14 heteroatoms. The van der Waals surface area contributed by atoms with Crippen LogP contribution in [0.5, 0.6) is 0 Å². The van der Waals surface area contributed by atoms with Gasteiger partial charge in [0.15, 0.2) is 4.75 Å². The number of piperidine rings is 1. The van der Waals surface area contributed by atoms with Crippen molar-refractivity contribution in [2.24, 2.45) is 0 Å². The maximum absolute atomic E-state index is 14.2. The van der Waals surface area contributed by atoms with Gasteiger partial charge in [0.1, 0.15) is 0 Å². The summed E-state index contributed by atoms with van der Waals surface area (Å²) in [4.78, 5) is 11.5. The average molecular weight is 573 g/mol. The summed E-state index contributed by atoms with van der Waals surface area (Å²) < 4.78 is 89.8. The minimum absolute atomic E-state index is 0. The molecule has 0 unspecified atom stereocenters. The number of hydrogen-bond acceptors (Lipinski definition) is 7. The van der Waals surface area contributed by atoms with Crippen molar-refractivity contribution in [1.82, 2.24) is 10.4 Å². The maximum Gasteiger partial charge on any atom is 0.418 e. The lowest BCUT2D eigenvalue weighted by Crippen LogP contribution is -2.64. The lowest BCUT2D eigenvalue weighted by atomic mass is 9.93. The van der Waals surface area contributed by atoms with Crippen LogP contribution in [0, 0.1) is 0 Å². The fourth-order valence-corrected chi connectivity index (χ4v) is 6.79. The average Bonchev–Trinajstić information content (AvgIpc) is 2.87. The number of benzene rings is 1. The molecule has 0 atom stereocenters. The molecule has 0 bridgehead atoms. The predicted octanol–water partition coefficient (Wildman–Crippen LogP) is 3.29. The molecule has 3 rings (SSSR count). The first-order chi connectivity index (χ1) is 16.9. The number of hydrogen-bond donors (Lipinski definition) is 2. The molecule has 1 amide bonds. The summed E-state index contributed by atoms with van der Waals surface area (Å²) in [5.41, 5.74) is 2.00. The van der Waals surface area contributed by atoms with E-state index >= 15 is 0 Å². The Morgan fingerprint density at radius 2 is 1.76 bits per heavy atom. The van der Waals surface area contributed by atoms with E-state index in [9.17, 15) is 36.0 Å². The van der Waals surface area contributed by atoms with Crippen molar-refractivity contribution in [2.75, 3.05) is 33.4 Å². The first kappa shape index (κ1) is 31.2. The molecule has 208 valence electrons. The zero-order valence-corrected chi connectivity index (χ0v) is 21.5. The third-order valence-corrected chi connectivity index (χ3v) is 9.35. The number of nitrogens with one attached hydrogen (secondary N) is 1. The fourth-order valence-electron chi connectivity index (χ4n) is 4.44. The number of alkyl halides is 4. The summed E-state index contributed by atoms with van der Waals surface area (Å²) in [6, 6.07) is 8.61. The van der Waals surface area contributed by atoms with Crippen molar-refractivity contribution in [2.45, 2.75) is 41.0 Å². The highest BCUT2D eigenvalue weighted by molar-refractivity contribution is 7.95. The van der Waals surface area contributed by atoms with Gasteiger partial charge in [0, 0.05) is 32.7 Å². The van der Waals surface area contributed by atoms with Gasteiger partial charge in [-0.05, 0) is 30.6 Å². The Kier molecular flexibility index (Phi) is 10.3. The molecular weight excluding hydrogens is 544 g/mol. The number of allylic oxidation sites excluding steroid dienone is 2. The number of ether oxygens (including phenoxy) is 2. The van der Waals surface area contributed by atoms with E-state index in [-0.39, 0.29) is 25.5 Å². The molecule has 1 aromatic rings. The van der Waals surface area contributed by atoms with Crippen LogP contribution in [0.25, 0.3) is 0 Å². The van der Waals surface area contributed by atoms with Gasteiger partial charge in [-0.15, -0.1) is 12.4 Å². The molecule has 37 heavy (non-hydrogen) atoms. The highest BCUT2D eigenvalue weighted by Crippen LogP contribution is 2.46. The molecule has 1 fully saturated rings. The van der Waals surface area contributed by atoms with Crippen LogP contribution in [0.15, 0.2) is 54.6 Å². The number of carbonyl (C=O) groups excluding carboxylic acids is 1. The summed E-state index contributed by atoms with van der Waals surface area (Å²) in [5, 5.41) is 9.37. The quantitative estimate of drug-likeness (QED) is 0.192. The molecule has 2 aliphatic rings. The molecule has 1 aromatic carbocycles. The molecule has 0 spiro atoms. The molecule has 0 radical (unpaired) electrons. The molecule has 2 N–H and O–H groups in total. The van der Waals surface area contributed by atoms with Gasteiger partial charge in [-0.1, -0.05) is 42.5 Å². The van der Waals surface area contributed by atoms with E-state index in [1.807, 2.05) is 0 Å². The van der Waals surface area contributed by atoms with Crippen LogP contribution in [0.4, 0.5) is 17.6 Å². The topological polar surface area (TPSA) is 105 Å². The van der Waals surface area contributed by atoms with E-state index in [4.69, 9.17) is 4.74 Å². The molecule has 0 aromatic heterocycles. The first-order valence-corrected chi connectivity index (χ1v) is 12.6. The smallest absolute Gasteiger partial charge is 0.383 e. The first-order valence-electron chi connectivity index (χ1n) is 11.1. The number of methoxy groups -OCH3 is 1. The van der Waals surface area contributed by atoms with Crippen LogP contribution in [-0.2, 0) is 24.1 Å². The van der Waals surface area contributed by atoms with Gasteiger partial charge in [0.05, 0.1) is 6.61 Å². The van der Waals surface area contributed by atoms with E-state index in [0.29, 0.717) is 18.7 Å². The van der Waals surface area contributed by atoms with Crippen LogP contribution in [0.3, 0.4) is 0 Å². The predicted molar refractivity (Wildman–Crippen MR) is 129 cm³/mol. The normalized spacial score (nSPS) is 24.0. The Balaban J connectivity index is 0.00000481. The summed E-state index contributed by atoms with van der Waals surface area (Å²) >= 11 is 0. The Hall–Kier alpha value is -2.03. The highest BCUT2D eigenvalue weighted by atomic mass is 35.5. The monoisotopic (exact) mass is 572 g/mol. The van der Waals surface area contributed by atoms with E-state index < -0.39 is 56.7 Å². The van der Waals surface area contributed by atoms with Crippen LogP contribution in [-0.4, -0.2) is 80.0 Å². The lowest BCUT2D eigenvalue weighted by molar-refractivity contribution is -0.313. The second kappa shape index (κ2) is 12.2. The zero-order valence-electron chi connectivity index (χ0n) is 19.9. The fraction of sp³-hybridized carbons (Fsp3) is 0.522. The van der Waals surface area contributed by atoms with E-state index in [2.05, 4.69) is 4.74 Å². The Bertz CT molecular complexity index is 1070. The van der Waals surface area contributed by atoms with Gasteiger partial charge in [0.2, 0.25) is 14.8 Å². The molecule has 1 aliphatic heterocycles. The van der Waals surface area contributed by atoms with Crippen LogP contribution >= 0.6 is 12.4 Å². The summed E-state index contributed by atoms with van der Waals surface area (Å²) in [6.45, 7) is 0.817. The Morgan fingerprint density at radius 1 is 1.19 bits per heavy atom. The number of sulfone groups is 1. The molecule has 1 saturated heterocycles. The highest BCUT2D eigenvalue weighted by Gasteiger charge is 2.64. The van der Waals surface area contributed by atoms with Crippen molar-refractivity contribution in [3.05, 3.63) is 60.2 Å². The van der Waals surface area contributed by atoms with Crippen molar-refractivity contribution < 1.29 is 45.5 Å². The van der Waals surface area contributed by atoms with E-state index in [1.54, 1.807) is 35.2 Å².